The van der Waals surface area contributed by atoms with Crippen LogP contribution in [0.5, 0.6) is 0 Å². The summed E-state index contributed by atoms with van der Waals surface area (Å²) in [4.78, 5) is 35.3. The Bertz CT molecular complexity index is 913. The van der Waals surface area contributed by atoms with Crippen molar-refractivity contribution in [2.75, 3.05) is 6.61 Å². The van der Waals surface area contributed by atoms with Crippen LogP contribution in [0.25, 0.3) is 11.1 Å². The second-order valence-corrected chi connectivity index (χ2v) is 7.85. The fourth-order valence-corrected chi connectivity index (χ4v) is 3.97. The fourth-order valence-electron chi connectivity index (χ4n) is 3.97. The van der Waals surface area contributed by atoms with Gasteiger partial charge in [0.2, 0.25) is 5.91 Å². The summed E-state index contributed by atoms with van der Waals surface area (Å²) in [6.07, 6.45) is -0.150. The molecule has 0 heterocycles. The molecule has 1 aliphatic carbocycles. The molecule has 7 nitrogen and oxygen atoms in total. The molecule has 0 saturated heterocycles. The van der Waals surface area contributed by atoms with Gasteiger partial charge in [-0.05, 0) is 35.6 Å². The van der Waals surface area contributed by atoms with Crippen molar-refractivity contribution in [3.8, 4) is 11.1 Å². The minimum absolute atomic E-state index is 0.0296. The quantitative estimate of drug-likeness (QED) is 0.570. The first-order chi connectivity index (χ1) is 14.9. The Morgan fingerprint density at radius 1 is 0.968 bits per heavy atom. The number of alkyl carbamates (subject to hydrolysis) is 1. The first kappa shape index (κ1) is 22.3. The number of ether oxygens (including phenoxy) is 1. The van der Waals surface area contributed by atoms with E-state index in [4.69, 9.17) is 9.84 Å². The summed E-state index contributed by atoms with van der Waals surface area (Å²) in [5.74, 6) is -1.30. The number of hydrogen-bond acceptors (Lipinski definition) is 4. The molecule has 7 heteroatoms. The summed E-state index contributed by atoms with van der Waals surface area (Å²) in [5.41, 5.74) is 4.58. The van der Waals surface area contributed by atoms with E-state index in [-0.39, 0.29) is 31.3 Å². The van der Waals surface area contributed by atoms with E-state index in [2.05, 4.69) is 34.9 Å². The molecule has 2 aromatic rings. The Kier molecular flexibility index (Phi) is 7.28. The topological polar surface area (TPSA) is 105 Å². The number of rotatable bonds is 9. The second-order valence-electron chi connectivity index (χ2n) is 7.85. The van der Waals surface area contributed by atoms with Crippen LogP contribution in [0.15, 0.2) is 48.5 Å². The van der Waals surface area contributed by atoms with Crippen LogP contribution in [-0.4, -0.2) is 41.8 Å². The number of carbonyl (C=O) groups is 3. The van der Waals surface area contributed by atoms with E-state index in [9.17, 15) is 14.4 Å². The Hall–Kier alpha value is -3.35. The fraction of sp³-hybridized carbons (Fsp3) is 0.375. The van der Waals surface area contributed by atoms with Crippen LogP contribution in [-0.2, 0) is 14.3 Å². The number of carboxylic acid groups (broad SMARTS) is 1. The normalized spacial score (nSPS) is 14.1. The molecule has 0 fully saturated rings. The zero-order valence-corrected chi connectivity index (χ0v) is 17.8. The van der Waals surface area contributed by atoms with Crippen molar-refractivity contribution in [1.82, 2.24) is 10.6 Å². The number of hydrogen-bond donors (Lipinski definition) is 3. The molecule has 164 valence electrons. The Morgan fingerprint density at radius 2 is 1.55 bits per heavy atom. The van der Waals surface area contributed by atoms with Crippen molar-refractivity contribution in [2.24, 2.45) is 0 Å². The van der Waals surface area contributed by atoms with Crippen molar-refractivity contribution in [1.29, 1.82) is 0 Å². The van der Waals surface area contributed by atoms with Gasteiger partial charge in [0, 0.05) is 24.4 Å². The number of nitrogens with one attached hydrogen (secondary N) is 2. The third kappa shape index (κ3) is 5.63. The van der Waals surface area contributed by atoms with Gasteiger partial charge < -0.3 is 20.5 Å². The highest BCUT2D eigenvalue weighted by molar-refractivity contribution is 5.80. The maximum Gasteiger partial charge on any atom is 0.407 e. The molecule has 0 radical (unpaired) electrons. The van der Waals surface area contributed by atoms with Gasteiger partial charge in [-0.3, -0.25) is 9.59 Å². The van der Waals surface area contributed by atoms with Crippen molar-refractivity contribution < 1.29 is 24.2 Å². The Morgan fingerprint density at radius 3 is 2.10 bits per heavy atom. The van der Waals surface area contributed by atoms with Gasteiger partial charge in [0.05, 0.1) is 6.42 Å². The van der Waals surface area contributed by atoms with E-state index in [1.807, 2.05) is 31.2 Å². The van der Waals surface area contributed by atoms with Crippen molar-refractivity contribution in [3.63, 3.8) is 0 Å². The van der Waals surface area contributed by atoms with Crippen LogP contribution in [0.2, 0.25) is 0 Å². The summed E-state index contributed by atoms with van der Waals surface area (Å²) < 4.78 is 5.49. The standard InChI is InChI=1S/C24H28N2O5/c1-3-16(13-23(28)29)26-22(27)12-15(2)25-24(30)31-14-21-19-10-6-4-8-17(19)18-9-5-7-11-20(18)21/h4-11,15-16,21H,3,12-14H2,1-2H3,(H,25,30)(H,26,27)(H,28,29)/t15?,16-/m1/s1. The number of carboxylic acids is 1. The van der Waals surface area contributed by atoms with Gasteiger partial charge in [0.15, 0.2) is 0 Å². The lowest BCUT2D eigenvalue weighted by Crippen LogP contribution is -2.41. The SMILES string of the molecule is CC[C@H](CC(=O)O)NC(=O)CC(C)NC(=O)OCC1c2ccccc2-c2ccccc21. The summed E-state index contributed by atoms with van der Waals surface area (Å²) in [5, 5.41) is 14.2. The van der Waals surface area contributed by atoms with E-state index in [1.165, 1.54) is 0 Å². The number of benzene rings is 2. The molecule has 2 amide bonds. The van der Waals surface area contributed by atoms with Crippen LogP contribution in [0, 0.1) is 0 Å². The summed E-state index contributed by atoms with van der Waals surface area (Å²) in [7, 11) is 0. The smallest absolute Gasteiger partial charge is 0.407 e. The average Bonchev–Trinajstić information content (AvgIpc) is 3.05. The van der Waals surface area contributed by atoms with E-state index in [1.54, 1.807) is 6.92 Å². The maximum atomic E-state index is 12.3. The Labute approximate surface area is 181 Å². The highest BCUT2D eigenvalue weighted by Crippen LogP contribution is 2.44. The van der Waals surface area contributed by atoms with Crippen LogP contribution >= 0.6 is 0 Å². The highest BCUT2D eigenvalue weighted by atomic mass is 16.5. The molecule has 1 unspecified atom stereocenters. The van der Waals surface area contributed by atoms with E-state index >= 15 is 0 Å². The van der Waals surface area contributed by atoms with Gasteiger partial charge in [0.1, 0.15) is 6.61 Å². The molecule has 0 saturated carbocycles. The summed E-state index contributed by atoms with van der Waals surface area (Å²) >= 11 is 0. The number of aliphatic carboxylic acids is 1. The molecule has 3 N–H and O–H groups in total. The zero-order chi connectivity index (χ0) is 22.4. The third-order valence-electron chi connectivity index (χ3n) is 5.48. The van der Waals surface area contributed by atoms with E-state index in [0.29, 0.717) is 6.42 Å². The number of fused-ring (bicyclic) bond motifs is 3. The monoisotopic (exact) mass is 424 g/mol. The minimum Gasteiger partial charge on any atom is -0.481 e. The van der Waals surface area contributed by atoms with Crippen molar-refractivity contribution in [3.05, 3.63) is 59.7 Å². The molecule has 1 aliphatic rings. The van der Waals surface area contributed by atoms with Crippen molar-refractivity contribution >= 4 is 18.0 Å². The zero-order valence-electron chi connectivity index (χ0n) is 17.8. The molecule has 0 aliphatic heterocycles. The molecule has 2 aromatic carbocycles. The van der Waals surface area contributed by atoms with Crippen LogP contribution in [0.4, 0.5) is 4.79 Å². The van der Waals surface area contributed by atoms with Crippen LogP contribution < -0.4 is 10.6 Å². The first-order valence-corrected chi connectivity index (χ1v) is 10.5. The Balaban J connectivity index is 1.51. The lowest BCUT2D eigenvalue weighted by atomic mass is 9.98. The molecule has 0 spiro atoms. The largest absolute Gasteiger partial charge is 0.481 e. The molecule has 3 rings (SSSR count). The van der Waals surface area contributed by atoms with Crippen LogP contribution in [0.1, 0.15) is 50.2 Å². The van der Waals surface area contributed by atoms with Gasteiger partial charge in [-0.2, -0.15) is 0 Å². The second kappa shape index (κ2) is 10.1. The molecule has 0 aromatic heterocycles. The molecule has 2 atom stereocenters. The summed E-state index contributed by atoms with van der Waals surface area (Å²) in [6, 6.07) is 15.3. The van der Waals surface area contributed by atoms with E-state index in [0.717, 1.165) is 22.3 Å². The van der Waals surface area contributed by atoms with Gasteiger partial charge >= 0.3 is 12.1 Å². The lowest BCUT2D eigenvalue weighted by molar-refractivity contribution is -0.137. The third-order valence-corrected chi connectivity index (χ3v) is 5.48. The van der Waals surface area contributed by atoms with Gasteiger partial charge in [-0.15, -0.1) is 0 Å². The number of carbonyl (C=O) groups excluding carboxylic acids is 2. The predicted octanol–water partition coefficient (Wildman–Crippen LogP) is 3.67. The van der Waals surface area contributed by atoms with E-state index < -0.39 is 24.1 Å². The number of amides is 2. The lowest BCUT2D eigenvalue weighted by Gasteiger charge is -2.19. The molecule has 0 bridgehead atoms. The average molecular weight is 424 g/mol. The first-order valence-electron chi connectivity index (χ1n) is 10.5. The molecule has 31 heavy (non-hydrogen) atoms. The van der Waals surface area contributed by atoms with Crippen LogP contribution in [0.3, 0.4) is 0 Å². The van der Waals surface area contributed by atoms with Gasteiger partial charge in [0.25, 0.3) is 0 Å². The molecular weight excluding hydrogens is 396 g/mol. The van der Waals surface area contributed by atoms with Gasteiger partial charge in [-0.1, -0.05) is 55.5 Å². The van der Waals surface area contributed by atoms with Gasteiger partial charge in [-0.25, -0.2) is 4.79 Å². The minimum atomic E-state index is -0.961. The molecular formula is C24H28N2O5. The van der Waals surface area contributed by atoms with Crippen molar-refractivity contribution in [2.45, 2.75) is 51.1 Å². The maximum absolute atomic E-state index is 12.3. The summed E-state index contributed by atoms with van der Waals surface area (Å²) in [6.45, 7) is 3.72. The predicted molar refractivity (Wildman–Crippen MR) is 117 cm³/mol. The highest BCUT2D eigenvalue weighted by Gasteiger charge is 2.29.